The van der Waals surface area contributed by atoms with E-state index in [1.807, 2.05) is 30.3 Å². The molecule has 1 amide bonds. The molecule has 0 radical (unpaired) electrons. The van der Waals surface area contributed by atoms with Gasteiger partial charge in [0.25, 0.3) is 5.91 Å². The van der Waals surface area contributed by atoms with Crippen LogP contribution in [0.5, 0.6) is 0 Å². The minimum absolute atomic E-state index is 0.0262. The molecule has 0 unspecified atom stereocenters. The maximum absolute atomic E-state index is 12.2. The Morgan fingerprint density at radius 2 is 2.00 bits per heavy atom. The molecule has 0 atom stereocenters. The molecule has 1 aromatic heterocycles. The van der Waals surface area contributed by atoms with Crippen LogP contribution >= 0.6 is 27.3 Å². The third-order valence-corrected chi connectivity index (χ3v) is 4.65. The fourth-order valence-electron chi connectivity index (χ4n) is 1.85. The van der Waals surface area contributed by atoms with Crippen molar-refractivity contribution in [3.63, 3.8) is 0 Å². The van der Waals surface area contributed by atoms with Gasteiger partial charge in [-0.1, -0.05) is 29.8 Å². The number of thiophene rings is 1. The summed E-state index contributed by atoms with van der Waals surface area (Å²) < 4.78 is 1.03. The Labute approximate surface area is 126 Å². The number of hydrogen-bond acceptors (Lipinski definition) is 2. The molecule has 100 valence electrons. The first kappa shape index (κ1) is 14.3. The molecule has 2 nitrogen and oxygen atoms in total. The first-order valence-electron chi connectivity index (χ1n) is 6.32. The number of carbonyl (C=O) groups is 1. The Morgan fingerprint density at radius 1 is 1.21 bits per heavy atom. The van der Waals surface area contributed by atoms with E-state index < -0.39 is 0 Å². The molecule has 1 heterocycles. The molecular formula is C15H16BrNOS. The van der Waals surface area contributed by atoms with Crippen molar-refractivity contribution >= 4 is 38.9 Å². The maximum Gasteiger partial charge on any atom is 0.265 e. The topological polar surface area (TPSA) is 29.1 Å². The molecular weight excluding hydrogens is 322 g/mol. The lowest BCUT2D eigenvalue weighted by atomic mass is 10.1. The predicted octanol–water partition coefficient (Wildman–Crippen LogP) is 4.89. The molecule has 19 heavy (non-hydrogen) atoms. The van der Waals surface area contributed by atoms with E-state index in [9.17, 15) is 4.79 Å². The van der Waals surface area contributed by atoms with Crippen LogP contribution in [-0.4, -0.2) is 5.91 Å². The van der Waals surface area contributed by atoms with Gasteiger partial charge in [-0.3, -0.25) is 4.79 Å². The van der Waals surface area contributed by atoms with E-state index in [-0.39, 0.29) is 5.91 Å². The van der Waals surface area contributed by atoms with Gasteiger partial charge in [0, 0.05) is 15.0 Å². The fourth-order valence-corrected chi connectivity index (χ4v) is 3.10. The third-order valence-electron chi connectivity index (χ3n) is 2.93. The van der Waals surface area contributed by atoms with Crippen molar-refractivity contribution in [2.45, 2.75) is 26.7 Å². The summed E-state index contributed by atoms with van der Waals surface area (Å²) in [5.74, 6) is -0.0262. The summed E-state index contributed by atoms with van der Waals surface area (Å²) in [6.45, 7) is 4.18. The minimum atomic E-state index is -0.0262. The van der Waals surface area contributed by atoms with Gasteiger partial charge >= 0.3 is 0 Å². The maximum atomic E-state index is 12.2. The van der Waals surface area contributed by atoms with Crippen molar-refractivity contribution in [2.75, 3.05) is 5.32 Å². The Morgan fingerprint density at radius 3 is 2.63 bits per heavy atom. The smallest absolute Gasteiger partial charge is 0.265 e. The first-order valence-corrected chi connectivity index (χ1v) is 7.93. The van der Waals surface area contributed by atoms with Gasteiger partial charge in [0.1, 0.15) is 0 Å². The predicted molar refractivity (Wildman–Crippen MR) is 85.2 cm³/mol. The van der Waals surface area contributed by atoms with E-state index in [1.54, 1.807) is 11.3 Å². The highest BCUT2D eigenvalue weighted by atomic mass is 79.9. The highest BCUT2D eigenvalue weighted by Gasteiger charge is 2.11. The van der Waals surface area contributed by atoms with Crippen LogP contribution in [0.15, 0.2) is 34.8 Å². The van der Waals surface area contributed by atoms with Crippen molar-refractivity contribution in [1.82, 2.24) is 0 Å². The van der Waals surface area contributed by atoms with E-state index >= 15 is 0 Å². The molecule has 2 rings (SSSR count). The number of nitrogens with one attached hydrogen (secondary N) is 1. The van der Waals surface area contributed by atoms with Gasteiger partial charge in [0.05, 0.1) is 4.88 Å². The quantitative estimate of drug-likeness (QED) is 0.845. The minimum Gasteiger partial charge on any atom is -0.321 e. The summed E-state index contributed by atoms with van der Waals surface area (Å²) in [4.78, 5) is 14.2. The average molecular weight is 338 g/mol. The van der Waals surface area contributed by atoms with Crippen LogP contribution in [0, 0.1) is 0 Å². The van der Waals surface area contributed by atoms with E-state index in [0.29, 0.717) is 0 Å². The largest absolute Gasteiger partial charge is 0.321 e. The monoisotopic (exact) mass is 337 g/mol. The van der Waals surface area contributed by atoms with Crippen molar-refractivity contribution in [2.24, 2.45) is 0 Å². The van der Waals surface area contributed by atoms with Crippen LogP contribution in [-0.2, 0) is 12.8 Å². The Hall–Kier alpha value is -1.13. The summed E-state index contributed by atoms with van der Waals surface area (Å²) >= 11 is 5.01. The van der Waals surface area contributed by atoms with Gasteiger partial charge in [0.2, 0.25) is 0 Å². The molecule has 1 N–H and O–H groups in total. The molecule has 0 saturated heterocycles. The summed E-state index contributed by atoms with van der Waals surface area (Å²) in [5.41, 5.74) is 2.03. The summed E-state index contributed by atoms with van der Waals surface area (Å²) in [6.07, 6.45) is 1.86. The lowest BCUT2D eigenvalue weighted by Gasteiger charge is -2.09. The lowest BCUT2D eigenvalue weighted by Crippen LogP contribution is -2.11. The third kappa shape index (κ3) is 3.45. The molecule has 4 heteroatoms. The number of rotatable bonds is 4. The fraction of sp³-hybridized carbons (Fsp3) is 0.267. The highest BCUT2D eigenvalue weighted by molar-refractivity contribution is 9.10. The summed E-state index contributed by atoms with van der Waals surface area (Å²) in [6, 6.07) is 9.84. The molecule has 0 saturated carbocycles. The van der Waals surface area contributed by atoms with Gasteiger partial charge in [-0.15, -0.1) is 11.3 Å². The normalized spacial score (nSPS) is 10.5. The van der Waals surface area contributed by atoms with Crippen LogP contribution < -0.4 is 5.32 Å². The number of halogens is 1. The molecule has 0 aliphatic heterocycles. The average Bonchev–Trinajstić information content (AvgIpc) is 2.89. The molecule has 0 aliphatic rings. The summed E-state index contributed by atoms with van der Waals surface area (Å²) in [5, 5.41) is 2.99. The van der Waals surface area contributed by atoms with Crippen LogP contribution in [0.25, 0.3) is 0 Å². The van der Waals surface area contributed by atoms with Crippen molar-refractivity contribution in [1.29, 1.82) is 0 Å². The van der Waals surface area contributed by atoms with Crippen molar-refractivity contribution in [3.8, 4) is 0 Å². The Kier molecular flexibility index (Phi) is 4.77. The summed E-state index contributed by atoms with van der Waals surface area (Å²) in [7, 11) is 0. The molecule has 0 aliphatic carbocycles. The number of carbonyl (C=O) groups excluding carboxylic acids is 1. The number of amides is 1. The van der Waals surface area contributed by atoms with Gasteiger partial charge in [-0.05, 0) is 48.7 Å². The second kappa shape index (κ2) is 6.35. The number of aryl methyl sites for hydroxylation is 2. The molecule has 1 aromatic carbocycles. The molecule has 0 bridgehead atoms. The zero-order valence-electron chi connectivity index (χ0n) is 11.0. The standard InChI is InChI=1S/C15H16BrNOS/c1-3-10-9-11(16)5-7-13(10)17-15(18)14-8-6-12(4-2)19-14/h5-9H,3-4H2,1-2H3,(H,17,18). The van der Waals surface area contributed by atoms with Crippen LogP contribution in [0.2, 0.25) is 0 Å². The Bertz CT molecular complexity index is 592. The van der Waals surface area contributed by atoms with Gasteiger partial charge < -0.3 is 5.32 Å². The number of hydrogen-bond donors (Lipinski definition) is 1. The molecule has 2 aromatic rings. The second-order valence-electron chi connectivity index (χ2n) is 4.23. The molecule has 0 fully saturated rings. The lowest BCUT2D eigenvalue weighted by molar-refractivity contribution is 0.103. The van der Waals surface area contributed by atoms with Crippen LogP contribution in [0.3, 0.4) is 0 Å². The molecule has 0 spiro atoms. The van der Waals surface area contributed by atoms with Gasteiger partial charge in [-0.25, -0.2) is 0 Å². The van der Waals surface area contributed by atoms with Crippen LogP contribution in [0.1, 0.15) is 34.0 Å². The van der Waals surface area contributed by atoms with E-state index in [4.69, 9.17) is 0 Å². The number of benzene rings is 1. The van der Waals surface area contributed by atoms with E-state index in [2.05, 4.69) is 35.1 Å². The van der Waals surface area contributed by atoms with E-state index in [1.165, 1.54) is 4.88 Å². The van der Waals surface area contributed by atoms with Crippen molar-refractivity contribution < 1.29 is 4.79 Å². The first-order chi connectivity index (χ1) is 9.13. The zero-order valence-corrected chi connectivity index (χ0v) is 13.4. The van der Waals surface area contributed by atoms with E-state index in [0.717, 1.165) is 33.4 Å². The SMILES string of the molecule is CCc1ccc(C(=O)Nc2ccc(Br)cc2CC)s1. The Balaban J connectivity index is 2.18. The van der Waals surface area contributed by atoms with Gasteiger partial charge in [0.15, 0.2) is 0 Å². The van der Waals surface area contributed by atoms with Gasteiger partial charge in [-0.2, -0.15) is 0 Å². The highest BCUT2D eigenvalue weighted by Crippen LogP contribution is 2.23. The number of anilines is 1. The van der Waals surface area contributed by atoms with Crippen molar-refractivity contribution in [3.05, 3.63) is 50.1 Å². The van der Waals surface area contributed by atoms with Crippen LogP contribution in [0.4, 0.5) is 5.69 Å². The zero-order chi connectivity index (χ0) is 13.8. The second-order valence-corrected chi connectivity index (χ2v) is 6.31.